The van der Waals surface area contributed by atoms with Crippen LogP contribution in [0.2, 0.25) is 0 Å². The van der Waals surface area contributed by atoms with Gasteiger partial charge in [0.2, 0.25) is 0 Å². The number of hydrogen-bond acceptors (Lipinski definition) is 7. The number of benzene rings is 2. The highest BCUT2D eigenvalue weighted by Gasteiger charge is 2.34. The fraction of sp³-hybridized carbons (Fsp3) is 0.500. The van der Waals surface area contributed by atoms with Gasteiger partial charge in [0, 0.05) is 33.9 Å². The van der Waals surface area contributed by atoms with Crippen molar-refractivity contribution in [2.24, 2.45) is 5.92 Å². The molecule has 2 saturated heterocycles. The van der Waals surface area contributed by atoms with Crippen molar-refractivity contribution in [3.8, 4) is 17.0 Å². The lowest BCUT2D eigenvalue weighted by molar-refractivity contribution is -0.147. The molecule has 0 spiro atoms. The van der Waals surface area contributed by atoms with E-state index in [4.69, 9.17) is 4.74 Å². The lowest BCUT2D eigenvalue weighted by Gasteiger charge is -2.45. The van der Waals surface area contributed by atoms with Crippen LogP contribution in [0.4, 0.5) is 0 Å². The molecule has 2 aromatic heterocycles. The second-order valence-corrected chi connectivity index (χ2v) is 12.5. The van der Waals surface area contributed by atoms with Crippen LogP contribution in [0, 0.1) is 5.92 Å². The Morgan fingerprint density at radius 2 is 1.52 bits per heavy atom. The summed E-state index contributed by atoms with van der Waals surface area (Å²) >= 11 is 0. The van der Waals surface area contributed by atoms with Crippen LogP contribution >= 0.6 is 0 Å². The lowest BCUT2D eigenvalue weighted by atomic mass is 9.84. The SMILES string of the molecule is COC(=O)C1CCC(N2CCC(N3CCC(c4ccc5[nH]c6nnc(-c7ccccc7O)cc6c5c4)CC3)CC2)CC1. The number of methoxy groups -OCH3 is 1. The third-order valence-corrected chi connectivity index (χ3v) is 10.3. The van der Waals surface area contributed by atoms with Crippen LogP contribution < -0.4 is 0 Å². The number of aromatic nitrogens is 3. The van der Waals surface area contributed by atoms with Crippen LogP contribution in [-0.2, 0) is 9.53 Å². The van der Waals surface area contributed by atoms with Gasteiger partial charge in [0.15, 0.2) is 5.65 Å². The van der Waals surface area contributed by atoms with E-state index < -0.39 is 0 Å². The standard InChI is InChI=1S/C34H41N5O3/c1-42-34(41)23-6-9-25(10-7-23)39-18-14-26(15-19-39)38-16-12-22(13-17-38)24-8-11-30-28(20-24)29-21-31(36-37-33(29)35-30)27-4-2-3-5-32(27)40/h2-5,8,11,20-23,25-26,40H,6-7,9-10,12-19H2,1H3,(H,35,37). The number of piperidine rings is 2. The molecular formula is C34H41N5O3. The van der Waals surface area contributed by atoms with Crippen LogP contribution in [-0.4, -0.2) is 81.4 Å². The molecular weight excluding hydrogens is 526 g/mol. The summed E-state index contributed by atoms with van der Waals surface area (Å²) in [5, 5.41) is 21.4. The number of carbonyl (C=O) groups is 1. The molecule has 7 rings (SSSR count). The van der Waals surface area contributed by atoms with Crippen molar-refractivity contribution in [1.82, 2.24) is 25.0 Å². The van der Waals surface area contributed by atoms with Crippen LogP contribution in [0.3, 0.4) is 0 Å². The lowest BCUT2D eigenvalue weighted by Crippen LogP contribution is -2.50. The highest BCUT2D eigenvalue weighted by atomic mass is 16.5. The third-order valence-electron chi connectivity index (χ3n) is 10.3. The smallest absolute Gasteiger partial charge is 0.308 e. The van der Waals surface area contributed by atoms with Crippen molar-refractivity contribution in [1.29, 1.82) is 0 Å². The van der Waals surface area contributed by atoms with E-state index in [1.165, 1.54) is 56.8 Å². The number of phenols is 1. The number of H-pyrrole nitrogens is 1. The molecule has 1 aliphatic carbocycles. The van der Waals surface area contributed by atoms with Gasteiger partial charge in [-0.1, -0.05) is 18.2 Å². The Kier molecular flexibility index (Phi) is 7.59. The van der Waals surface area contributed by atoms with Gasteiger partial charge in [-0.25, -0.2) is 0 Å². The van der Waals surface area contributed by atoms with Gasteiger partial charge >= 0.3 is 5.97 Å². The molecule has 3 aliphatic rings. The highest BCUT2D eigenvalue weighted by molar-refractivity contribution is 6.06. The zero-order valence-electron chi connectivity index (χ0n) is 24.5. The zero-order chi connectivity index (χ0) is 28.6. The largest absolute Gasteiger partial charge is 0.507 e. The van der Waals surface area contributed by atoms with Crippen LogP contribution in [0.25, 0.3) is 33.2 Å². The van der Waals surface area contributed by atoms with Crippen LogP contribution in [0.1, 0.15) is 62.8 Å². The minimum atomic E-state index is -0.0235. The molecule has 0 radical (unpaired) electrons. The molecule has 3 fully saturated rings. The number of aromatic amines is 1. The van der Waals surface area contributed by atoms with Crippen molar-refractivity contribution in [3.05, 3.63) is 54.1 Å². The number of nitrogens with zero attached hydrogens (tertiary/aromatic N) is 4. The normalized spacial score (nSPS) is 23.5. The summed E-state index contributed by atoms with van der Waals surface area (Å²) in [6.45, 7) is 4.69. The van der Waals surface area contributed by atoms with E-state index in [1.807, 2.05) is 24.3 Å². The first kappa shape index (κ1) is 27.3. The maximum atomic E-state index is 11.9. The first-order valence-electron chi connectivity index (χ1n) is 15.7. The van der Waals surface area contributed by atoms with Gasteiger partial charge in [0.25, 0.3) is 0 Å². The first-order valence-corrected chi connectivity index (χ1v) is 15.7. The summed E-state index contributed by atoms with van der Waals surface area (Å²) in [4.78, 5) is 20.8. The van der Waals surface area contributed by atoms with E-state index in [0.717, 1.165) is 55.3 Å². The number of para-hydroxylation sites is 1. The number of ether oxygens (including phenoxy) is 1. The van der Waals surface area contributed by atoms with E-state index in [1.54, 1.807) is 6.07 Å². The molecule has 220 valence electrons. The minimum Gasteiger partial charge on any atom is -0.507 e. The van der Waals surface area contributed by atoms with Crippen molar-refractivity contribution in [3.63, 3.8) is 0 Å². The number of esters is 1. The number of carbonyl (C=O) groups excluding carboxylic acids is 1. The minimum absolute atomic E-state index is 0.0235. The monoisotopic (exact) mass is 567 g/mol. The Balaban J connectivity index is 0.973. The maximum Gasteiger partial charge on any atom is 0.308 e. The molecule has 0 bridgehead atoms. The van der Waals surface area contributed by atoms with Crippen molar-refractivity contribution in [2.75, 3.05) is 33.3 Å². The van der Waals surface area contributed by atoms with Gasteiger partial charge in [0.05, 0.1) is 18.7 Å². The number of nitrogens with one attached hydrogen (secondary N) is 1. The third kappa shape index (κ3) is 5.26. The summed E-state index contributed by atoms with van der Waals surface area (Å²) in [6.07, 6.45) is 9.08. The molecule has 4 heterocycles. The Labute approximate surface area is 247 Å². The molecule has 0 unspecified atom stereocenters. The Hall–Kier alpha value is -3.49. The predicted molar refractivity (Wildman–Crippen MR) is 164 cm³/mol. The summed E-state index contributed by atoms with van der Waals surface area (Å²) in [6, 6.07) is 17.5. The zero-order valence-corrected chi connectivity index (χ0v) is 24.5. The average Bonchev–Trinajstić information content (AvgIpc) is 3.42. The highest BCUT2D eigenvalue weighted by Crippen LogP contribution is 2.36. The van der Waals surface area contributed by atoms with Gasteiger partial charge in [-0.2, -0.15) is 0 Å². The fourth-order valence-electron chi connectivity index (χ4n) is 7.84. The molecule has 0 amide bonds. The summed E-state index contributed by atoms with van der Waals surface area (Å²) < 4.78 is 4.97. The number of fused-ring (bicyclic) bond motifs is 3. The van der Waals surface area contributed by atoms with Crippen LogP contribution in [0.15, 0.2) is 48.5 Å². The van der Waals surface area contributed by atoms with Gasteiger partial charge in [0.1, 0.15) is 5.75 Å². The number of likely N-dealkylation sites (tertiary alicyclic amines) is 2. The fourth-order valence-corrected chi connectivity index (χ4v) is 7.84. The predicted octanol–water partition coefficient (Wildman–Crippen LogP) is 5.86. The molecule has 1 saturated carbocycles. The van der Waals surface area contributed by atoms with Crippen LogP contribution in [0.5, 0.6) is 5.75 Å². The second-order valence-electron chi connectivity index (χ2n) is 12.5. The summed E-state index contributed by atoms with van der Waals surface area (Å²) in [5.41, 5.74) is 4.63. The van der Waals surface area contributed by atoms with E-state index in [2.05, 4.69) is 43.2 Å². The molecule has 4 aromatic rings. The number of aromatic hydroxyl groups is 1. The number of rotatable bonds is 5. The molecule has 2 N–H and O–H groups in total. The molecule has 8 heteroatoms. The van der Waals surface area contributed by atoms with Gasteiger partial charge < -0.3 is 24.6 Å². The molecule has 0 atom stereocenters. The topological polar surface area (TPSA) is 94.6 Å². The summed E-state index contributed by atoms with van der Waals surface area (Å²) in [7, 11) is 1.51. The maximum absolute atomic E-state index is 11.9. The molecule has 8 nitrogen and oxygen atoms in total. The number of phenolic OH excluding ortho intramolecular Hbond substituents is 1. The second kappa shape index (κ2) is 11.7. The summed E-state index contributed by atoms with van der Waals surface area (Å²) in [5.74, 6) is 0.862. The Morgan fingerprint density at radius 1 is 0.833 bits per heavy atom. The average molecular weight is 568 g/mol. The van der Waals surface area contributed by atoms with E-state index in [-0.39, 0.29) is 17.6 Å². The van der Waals surface area contributed by atoms with E-state index in [9.17, 15) is 9.90 Å². The molecule has 2 aromatic carbocycles. The quantitative estimate of drug-likeness (QED) is 0.292. The van der Waals surface area contributed by atoms with Gasteiger partial charge in [-0.05, 0) is 119 Å². The van der Waals surface area contributed by atoms with Crippen molar-refractivity contribution < 1.29 is 14.6 Å². The van der Waals surface area contributed by atoms with Crippen molar-refractivity contribution >= 4 is 27.9 Å². The van der Waals surface area contributed by atoms with Gasteiger partial charge in [-0.15, -0.1) is 10.2 Å². The van der Waals surface area contributed by atoms with Crippen molar-refractivity contribution in [2.45, 2.75) is 69.4 Å². The van der Waals surface area contributed by atoms with Gasteiger partial charge in [-0.3, -0.25) is 4.79 Å². The number of hydrogen-bond donors (Lipinski definition) is 2. The first-order chi connectivity index (χ1) is 20.6. The molecule has 42 heavy (non-hydrogen) atoms. The molecule has 2 aliphatic heterocycles. The Morgan fingerprint density at radius 3 is 2.24 bits per heavy atom. The van der Waals surface area contributed by atoms with E-state index >= 15 is 0 Å². The Bertz CT molecular complexity index is 1560. The van der Waals surface area contributed by atoms with E-state index in [0.29, 0.717) is 29.3 Å².